The molecule has 0 spiro atoms. The highest BCUT2D eigenvalue weighted by Gasteiger charge is 2.34. The molecule has 2 nitrogen and oxygen atoms in total. The van der Waals surface area contributed by atoms with Gasteiger partial charge in [-0.15, -0.1) is 0 Å². The summed E-state index contributed by atoms with van der Waals surface area (Å²) in [6.07, 6.45) is -4.85. The Bertz CT molecular complexity index is 623. The average molecular weight is 282 g/mol. The van der Waals surface area contributed by atoms with Crippen LogP contribution in [0.15, 0.2) is 42.5 Å². The Morgan fingerprint density at radius 3 is 2.55 bits per heavy atom. The van der Waals surface area contributed by atoms with E-state index < -0.39 is 23.5 Å². The lowest BCUT2D eigenvalue weighted by Crippen LogP contribution is -2.15. The van der Waals surface area contributed by atoms with Gasteiger partial charge in [0.05, 0.1) is 5.56 Å². The van der Waals surface area contributed by atoms with E-state index in [1.807, 2.05) is 0 Å². The van der Waals surface area contributed by atoms with Gasteiger partial charge in [0.1, 0.15) is 5.82 Å². The Morgan fingerprint density at radius 2 is 1.95 bits per heavy atom. The van der Waals surface area contributed by atoms with Gasteiger partial charge in [0.15, 0.2) is 0 Å². The van der Waals surface area contributed by atoms with Gasteiger partial charge in [-0.3, -0.25) is 4.79 Å². The highest BCUT2D eigenvalue weighted by molar-refractivity contribution is 6.04. The van der Waals surface area contributed by atoms with Crippen molar-refractivity contribution in [2.75, 3.05) is 5.32 Å². The molecule has 0 aliphatic carbocycles. The molecule has 1 N–H and O–H groups in total. The van der Waals surface area contributed by atoms with Crippen molar-refractivity contribution in [2.45, 2.75) is 6.18 Å². The Balaban J connectivity index is 2.27. The number of hydrogen-bond acceptors (Lipinski definition) is 1. The second-order valence-corrected chi connectivity index (χ2v) is 3.94. The van der Waals surface area contributed by atoms with Crippen molar-refractivity contribution < 1.29 is 22.4 Å². The van der Waals surface area contributed by atoms with Crippen LogP contribution >= 0.6 is 0 Å². The quantitative estimate of drug-likeness (QED) is 0.832. The van der Waals surface area contributed by atoms with Crippen LogP contribution in [0.25, 0.3) is 0 Å². The first-order valence-corrected chi connectivity index (χ1v) is 5.52. The zero-order valence-corrected chi connectivity index (χ0v) is 9.96. The maximum Gasteiger partial charge on any atom is 0.419 e. The first-order chi connectivity index (χ1) is 9.38. The fraction of sp³-hybridized carbons (Fsp3) is 0.0714. The maximum absolute atomic E-state index is 13.1. The summed E-state index contributed by atoms with van der Waals surface area (Å²) in [6, 6.07) is 11.0. The summed E-state index contributed by atoms with van der Waals surface area (Å²) in [6.45, 7) is 0. The lowest BCUT2D eigenvalue weighted by molar-refractivity contribution is -0.140. The summed E-state index contributed by atoms with van der Waals surface area (Å²) >= 11 is 0. The smallest absolute Gasteiger partial charge is 0.322 e. The van der Waals surface area contributed by atoms with E-state index in [-0.39, 0.29) is 5.56 Å². The summed E-state index contributed by atoms with van der Waals surface area (Å²) < 4.78 is 50.7. The summed E-state index contributed by atoms with van der Waals surface area (Å²) in [7, 11) is 0. The van der Waals surface area contributed by atoms with Crippen molar-refractivity contribution in [1.82, 2.24) is 0 Å². The van der Waals surface area contributed by atoms with E-state index in [9.17, 15) is 22.4 Å². The van der Waals surface area contributed by atoms with Crippen molar-refractivity contribution in [2.24, 2.45) is 0 Å². The van der Waals surface area contributed by atoms with Crippen LogP contribution in [0.5, 0.6) is 0 Å². The molecule has 0 aliphatic rings. The lowest BCUT2D eigenvalue weighted by atomic mass is 10.1. The van der Waals surface area contributed by atoms with Crippen LogP contribution in [0, 0.1) is 11.9 Å². The molecular formula is C14H8F4NO. The molecule has 20 heavy (non-hydrogen) atoms. The summed E-state index contributed by atoms with van der Waals surface area (Å²) in [5.74, 6) is -2.17. The largest absolute Gasteiger partial charge is 0.419 e. The molecule has 2 aromatic rings. The molecule has 6 heteroatoms. The molecule has 0 unspecified atom stereocenters. The molecule has 0 aromatic heterocycles. The van der Waals surface area contributed by atoms with Crippen molar-refractivity contribution in [1.29, 1.82) is 0 Å². The normalized spacial score (nSPS) is 11.2. The van der Waals surface area contributed by atoms with Gasteiger partial charge >= 0.3 is 6.18 Å². The van der Waals surface area contributed by atoms with Gasteiger partial charge in [0.25, 0.3) is 5.91 Å². The van der Waals surface area contributed by atoms with Crippen LogP contribution < -0.4 is 5.32 Å². The van der Waals surface area contributed by atoms with Crippen molar-refractivity contribution in [3.63, 3.8) is 0 Å². The van der Waals surface area contributed by atoms with Crippen LogP contribution in [-0.2, 0) is 6.18 Å². The third-order valence-corrected chi connectivity index (χ3v) is 2.50. The second kappa shape index (κ2) is 5.32. The molecule has 2 rings (SSSR count). The zero-order valence-electron chi connectivity index (χ0n) is 9.96. The number of rotatable bonds is 2. The molecule has 0 saturated carbocycles. The van der Waals surface area contributed by atoms with Gasteiger partial charge in [-0.25, -0.2) is 4.39 Å². The van der Waals surface area contributed by atoms with Crippen molar-refractivity contribution in [3.8, 4) is 0 Å². The SMILES string of the molecule is O=C(Nc1c[c]ccc1)c1ccc(F)c(C(F)(F)F)c1. The monoisotopic (exact) mass is 282 g/mol. The number of hydrogen-bond donors (Lipinski definition) is 1. The first kappa shape index (κ1) is 14.0. The van der Waals surface area contributed by atoms with Gasteiger partial charge in [-0.1, -0.05) is 12.1 Å². The van der Waals surface area contributed by atoms with Gasteiger partial charge in [-0.05, 0) is 36.4 Å². The first-order valence-electron chi connectivity index (χ1n) is 5.52. The van der Waals surface area contributed by atoms with E-state index >= 15 is 0 Å². The number of halogens is 4. The minimum absolute atomic E-state index is 0.275. The number of benzene rings is 2. The number of amides is 1. The fourth-order valence-corrected chi connectivity index (χ4v) is 1.56. The van der Waals surface area contributed by atoms with E-state index in [4.69, 9.17) is 0 Å². The van der Waals surface area contributed by atoms with Gasteiger partial charge in [0.2, 0.25) is 0 Å². The van der Waals surface area contributed by atoms with Crippen molar-refractivity contribution in [3.05, 3.63) is 65.5 Å². The van der Waals surface area contributed by atoms with Gasteiger partial charge in [-0.2, -0.15) is 13.2 Å². The van der Waals surface area contributed by atoms with E-state index in [1.54, 1.807) is 18.2 Å². The van der Waals surface area contributed by atoms with Crippen LogP contribution in [0.1, 0.15) is 15.9 Å². The third kappa shape index (κ3) is 3.14. The number of anilines is 1. The van der Waals surface area contributed by atoms with E-state index in [1.165, 1.54) is 6.07 Å². The minimum atomic E-state index is -4.85. The Hall–Kier alpha value is -2.37. The molecule has 0 aliphatic heterocycles. The summed E-state index contributed by atoms with van der Waals surface area (Å²) in [4.78, 5) is 11.8. The third-order valence-electron chi connectivity index (χ3n) is 2.50. The zero-order chi connectivity index (χ0) is 14.8. The standard InChI is InChI=1S/C14H8F4NO/c15-12-7-6-9(8-11(12)14(16,17)18)13(20)19-10-4-2-1-3-5-10/h1-2,4-8H,(H,19,20). The van der Waals surface area contributed by atoms with Crippen LogP contribution in [0.3, 0.4) is 0 Å². The Kier molecular flexibility index (Phi) is 3.74. The molecule has 0 saturated heterocycles. The lowest BCUT2D eigenvalue weighted by Gasteiger charge is -2.10. The number of alkyl halides is 3. The molecule has 1 radical (unpaired) electrons. The van der Waals surface area contributed by atoms with E-state index in [0.717, 1.165) is 6.07 Å². The molecule has 0 heterocycles. The van der Waals surface area contributed by atoms with Crippen LogP contribution in [0.4, 0.5) is 23.2 Å². The Labute approximate surface area is 112 Å². The maximum atomic E-state index is 13.1. The summed E-state index contributed by atoms with van der Waals surface area (Å²) in [5.41, 5.74) is -1.36. The molecule has 2 aromatic carbocycles. The van der Waals surface area contributed by atoms with Gasteiger partial charge < -0.3 is 5.32 Å². The van der Waals surface area contributed by atoms with Gasteiger partial charge in [0, 0.05) is 11.3 Å². The highest BCUT2D eigenvalue weighted by atomic mass is 19.4. The van der Waals surface area contributed by atoms with Crippen LogP contribution in [0.2, 0.25) is 0 Å². The predicted octanol–water partition coefficient (Wildman–Crippen LogP) is 3.90. The fourth-order valence-electron chi connectivity index (χ4n) is 1.56. The highest BCUT2D eigenvalue weighted by Crippen LogP contribution is 2.32. The van der Waals surface area contributed by atoms with Crippen LogP contribution in [-0.4, -0.2) is 5.91 Å². The van der Waals surface area contributed by atoms with E-state index in [2.05, 4.69) is 11.4 Å². The Morgan fingerprint density at radius 1 is 1.20 bits per heavy atom. The molecule has 1 amide bonds. The summed E-state index contributed by atoms with van der Waals surface area (Å²) in [5, 5.41) is 2.40. The molecule has 0 fully saturated rings. The van der Waals surface area contributed by atoms with Crippen molar-refractivity contribution >= 4 is 11.6 Å². The number of carbonyl (C=O) groups is 1. The number of carbonyl (C=O) groups excluding carboxylic acids is 1. The van der Waals surface area contributed by atoms with E-state index in [0.29, 0.717) is 17.8 Å². The molecule has 0 atom stereocenters. The predicted molar refractivity (Wildman–Crippen MR) is 64.6 cm³/mol. The molecule has 0 bridgehead atoms. The minimum Gasteiger partial charge on any atom is -0.322 e. The average Bonchev–Trinajstić information content (AvgIpc) is 2.39. The molecular weight excluding hydrogens is 274 g/mol. The second-order valence-electron chi connectivity index (χ2n) is 3.94. The molecule has 103 valence electrons. The number of nitrogens with one attached hydrogen (secondary N) is 1. The topological polar surface area (TPSA) is 29.1 Å².